The third-order valence-corrected chi connectivity index (χ3v) is 6.87. The lowest BCUT2D eigenvalue weighted by molar-refractivity contribution is 0.245. The number of nitrogen functional groups attached to an aromatic ring is 1. The third kappa shape index (κ3) is 4.82. The summed E-state index contributed by atoms with van der Waals surface area (Å²) in [4.78, 5) is 14.5. The molecule has 0 aliphatic rings. The molecule has 0 unspecified atom stereocenters. The second-order valence-electron chi connectivity index (χ2n) is 7.36. The van der Waals surface area contributed by atoms with Crippen LogP contribution in [0.5, 0.6) is 0 Å². The van der Waals surface area contributed by atoms with Crippen LogP contribution in [0.1, 0.15) is 25.8 Å². The van der Waals surface area contributed by atoms with E-state index in [4.69, 9.17) is 5.73 Å². The molecule has 3 N–H and O–H groups in total. The third-order valence-electron chi connectivity index (χ3n) is 4.55. The van der Waals surface area contributed by atoms with Crippen molar-refractivity contribution in [3.63, 3.8) is 0 Å². The molecular formula is C19H25N5O3S2. The van der Waals surface area contributed by atoms with Gasteiger partial charge in [-0.15, -0.1) is 0 Å². The zero-order valence-corrected chi connectivity index (χ0v) is 18.2. The van der Waals surface area contributed by atoms with E-state index in [1.54, 1.807) is 36.2 Å². The molecule has 156 valence electrons. The minimum absolute atomic E-state index is 0.0828. The Morgan fingerprint density at radius 1 is 1.17 bits per heavy atom. The van der Waals surface area contributed by atoms with E-state index in [0.717, 1.165) is 6.42 Å². The number of aliphatic hydroxyl groups excluding tert-OH is 1. The molecule has 0 spiro atoms. The van der Waals surface area contributed by atoms with Crippen LogP contribution in [0.25, 0.3) is 10.3 Å². The van der Waals surface area contributed by atoms with Gasteiger partial charge in [-0.25, -0.2) is 13.4 Å². The lowest BCUT2D eigenvalue weighted by Gasteiger charge is -2.29. The molecule has 3 rings (SSSR count). The first-order chi connectivity index (χ1) is 13.7. The van der Waals surface area contributed by atoms with E-state index in [-0.39, 0.29) is 34.3 Å². The molecule has 2 aromatic heterocycles. The van der Waals surface area contributed by atoms with Gasteiger partial charge < -0.3 is 15.7 Å². The minimum atomic E-state index is -3.79. The topological polar surface area (TPSA) is 122 Å². The van der Waals surface area contributed by atoms with Gasteiger partial charge in [0.1, 0.15) is 4.70 Å². The highest BCUT2D eigenvalue weighted by atomic mass is 32.2. The number of anilines is 2. The zero-order valence-electron chi connectivity index (χ0n) is 16.6. The van der Waals surface area contributed by atoms with E-state index in [0.29, 0.717) is 22.0 Å². The smallest absolute Gasteiger partial charge is 0.251 e. The first-order valence-corrected chi connectivity index (χ1v) is 11.7. The van der Waals surface area contributed by atoms with Gasteiger partial charge in [0.05, 0.1) is 18.4 Å². The van der Waals surface area contributed by atoms with Crippen molar-refractivity contribution in [3.05, 3.63) is 35.9 Å². The van der Waals surface area contributed by atoms with Crippen molar-refractivity contribution in [2.45, 2.75) is 37.2 Å². The van der Waals surface area contributed by atoms with Gasteiger partial charge in [0.15, 0.2) is 16.6 Å². The largest absolute Gasteiger partial charge is 0.394 e. The zero-order chi connectivity index (χ0) is 21.2. The van der Waals surface area contributed by atoms with Gasteiger partial charge >= 0.3 is 0 Å². The fourth-order valence-corrected chi connectivity index (χ4v) is 5.13. The van der Waals surface area contributed by atoms with Gasteiger partial charge in [-0.2, -0.15) is 9.97 Å². The number of aromatic nitrogens is 3. The molecule has 0 aliphatic heterocycles. The minimum Gasteiger partial charge on any atom is -0.394 e. The van der Waals surface area contributed by atoms with Crippen LogP contribution < -0.4 is 10.6 Å². The van der Waals surface area contributed by atoms with Crippen molar-refractivity contribution in [2.75, 3.05) is 24.3 Å². The van der Waals surface area contributed by atoms with Crippen molar-refractivity contribution in [2.24, 2.45) is 5.92 Å². The van der Waals surface area contributed by atoms with E-state index >= 15 is 0 Å². The Balaban J connectivity index is 2.08. The van der Waals surface area contributed by atoms with Gasteiger partial charge in [-0.3, -0.25) is 0 Å². The van der Waals surface area contributed by atoms with Crippen LogP contribution in [0, 0.1) is 5.92 Å². The van der Waals surface area contributed by atoms with Gasteiger partial charge in [0, 0.05) is 7.05 Å². The predicted octanol–water partition coefficient (Wildman–Crippen LogP) is 2.49. The molecule has 0 saturated carbocycles. The number of sulfone groups is 1. The molecule has 10 heteroatoms. The molecule has 0 amide bonds. The molecule has 0 aliphatic carbocycles. The number of aliphatic hydroxyl groups is 1. The summed E-state index contributed by atoms with van der Waals surface area (Å²) in [5.41, 5.74) is 6.75. The highest BCUT2D eigenvalue weighted by molar-refractivity contribution is 7.90. The number of benzene rings is 1. The van der Waals surface area contributed by atoms with Gasteiger partial charge in [0.2, 0.25) is 9.84 Å². The van der Waals surface area contributed by atoms with E-state index in [1.165, 1.54) is 11.3 Å². The van der Waals surface area contributed by atoms with E-state index < -0.39 is 9.84 Å². The summed E-state index contributed by atoms with van der Waals surface area (Å²) in [6.45, 7) is 4.04. The van der Waals surface area contributed by atoms with Crippen LogP contribution in [0.4, 0.5) is 10.9 Å². The standard InChI is InChI=1S/C19H25N5O3S2/c1-12(2)9-14(10-25)24(3)17-15-16(21-18(20)28-15)22-19(23-17)29(26,27)11-13-7-5-4-6-8-13/h4-8,12,14,25H,9-11H2,1-3H3,(H2,20,21,22,23)/t14-/m1/s1. The Morgan fingerprint density at radius 2 is 1.86 bits per heavy atom. The summed E-state index contributed by atoms with van der Waals surface area (Å²) >= 11 is 1.20. The Hall–Kier alpha value is -2.30. The average Bonchev–Trinajstić information content (AvgIpc) is 3.05. The highest BCUT2D eigenvalue weighted by Gasteiger charge is 2.26. The second kappa shape index (κ2) is 8.60. The van der Waals surface area contributed by atoms with Crippen LogP contribution >= 0.6 is 11.3 Å². The van der Waals surface area contributed by atoms with Crippen LogP contribution in [0.3, 0.4) is 0 Å². The molecule has 3 aromatic rings. The molecule has 0 saturated heterocycles. The first kappa shape index (κ1) is 21.4. The van der Waals surface area contributed by atoms with Crippen LogP contribution in [-0.4, -0.2) is 48.2 Å². The molecule has 2 heterocycles. The van der Waals surface area contributed by atoms with Gasteiger partial charge in [0.25, 0.3) is 5.16 Å². The molecule has 8 nitrogen and oxygen atoms in total. The number of rotatable bonds is 8. The number of thiazole rings is 1. The van der Waals surface area contributed by atoms with E-state index in [9.17, 15) is 13.5 Å². The summed E-state index contributed by atoms with van der Waals surface area (Å²) in [6.07, 6.45) is 0.721. The Labute approximate surface area is 174 Å². The Bertz CT molecular complexity index is 1080. The summed E-state index contributed by atoms with van der Waals surface area (Å²) in [5, 5.41) is 9.86. The maximum Gasteiger partial charge on any atom is 0.251 e. The number of fused-ring (bicyclic) bond motifs is 1. The summed E-state index contributed by atoms with van der Waals surface area (Å²) in [7, 11) is -2.01. The fraction of sp³-hybridized carbons (Fsp3) is 0.421. The number of likely N-dealkylation sites (N-methyl/N-ethyl adjacent to an activating group) is 1. The number of nitrogens with zero attached hydrogens (tertiary/aromatic N) is 4. The maximum atomic E-state index is 13.0. The maximum absolute atomic E-state index is 13.0. The number of nitrogens with two attached hydrogens (primary N) is 1. The van der Waals surface area contributed by atoms with Crippen molar-refractivity contribution in [3.8, 4) is 0 Å². The van der Waals surface area contributed by atoms with Crippen molar-refractivity contribution in [1.82, 2.24) is 15.0 Å². The Kier molecular flexibility index (Phi) is 6.35. The lowest BCUT2D eigenvalue weighted by atomic mass is 10.0. The molecule has 0 fully saturated rings. The lowest BCUT2D eigenvalue weighted by Crippen LogP contribution is -2.36. The molecule has 1 atom stereocenters. The molecule has 1 aromatic carbocycles. The summed E-state index contributed by atoms with van der Waals surface area (Å²) in [5.74, 6) is 0.549. The van der Waals surface area contributed by atoms with Crippen molar-refractivity contribution < 1.29 is 13.5 Å². The second-order valence-corrected chi connectivity index (χ2v) is 10.3. The summed E-state index contributed by atoms with van der Waals surface area (Å²) < 4.78 is 26.6. The van der Waals surface area contributed by atoms with Gasteiger partial charge in [-0.05, 0) is 17.9 Å². The SMILES string of the molecule is CC(C)C[C@H](CO)N(C)c1nc(S(=O)(=O)Cc2ccccc2)nc2nc(N)sc12. The van der Waals surface area contributed by atoms with Crippen LogP contribution in [0.15, 0.2) is 35.5 Å². The first-order valence-electron chi connectivity index (χ1n) is 9.25. The quantitative estimate of drug-likeness (QED) is 0.518. The fourth-order valence-electron chi connectivity index (χ4n) is 3.12. The summed E-state index contributed by atoms with van der Waals surface area (Å²) in [6, 6.07) is 8.66. The van der Waals surface area contributed by atoms with Crippen LogP contribution in [0.2, 0.25) is 0 Å². The highest BCUT2D eigenvalue weighted by Crippen LogP contribution is 2.33. The van der Waals surface area contributed by atoms with E-state index in [2.05, 4.69) is 28.8 Å². The number of hydrogen-bond donors (Lipinski definition) is 2. The normalized spacial score (nSPS) is 13.1. The van der Waals surface area contributed by atoms with E-state index in [1.807, 2.05) is 6.07 Å². The van der Waals surface area contributed by atoms with Crippen LogP contribution in [-0.2, 0) is 15.6 Å². The van der Waals surface area contributed by atoms with Gasteiger partial charge in [-0.1, -0.05) is 55.5 Å². The molecule has 0 radical (unpaired) electrons. The predicted molar refractivity (Wildman–Crippen MR) is 116 cm³/mol. The molecule has 0 bridgehead atoms. The Morgan fingerprint density at radius 3 is 2.48 bits per heavy atom. The monoisotopic (exact) mass is 435 g/mol. The van der Waals surface area contributed by atoms with Crippen molar-refractivity contribution >= 4 is 42.5 Å². The molecule has 29 heavy (non-hydrogen) atoms. The van der Waals surface area contributed by atoms with Crippen molar-refractivity contribution in [1.29, 1.82) is 0 Å². The average molecular weight is 436 g/mol. The molecular weight excluding hydrogens is 410 g/mol. The number of hydrogen-bond acceptors (Lipinski definition) is 9.